The largest absolute Gasteiger partial charge is 0.467 e. The van der Waals surface area contributed by atoms with Crippen molar-refractivity contribution in [2.45, 2.75) is 25.0 Å². The van der Waals surface area contributed by atoms with E-state index >= 15 is 0 Å². The first-order valence-corrected chi connectivity index (χ1v) is 8.55. The summed E-state index contributed by atoms with van der Waals surface area (Å²) in [5, 5.41) is 10.5. The SMILES string of the molecule is Cc1ccc(-c2nc(SCC(=O)N[C@@H](C)c3ccco3)n[nH]2)cc1. The molecule has 3 rings (SSSR count). The number of aryl methyl sites for hydroxylation is 1. The molecule has 1 amide bonds. The molecule has 0 saturated heterocycles. The van der Waals surface area contributed by atoms with Gasteiger partial charge in [0.1, 0.15) is 5.76 Å². The fourth-order valence-electron chi connectivity index (χ4n) is 2.17. The number of rotatable bonds is 6. The van der Waals surface area contributed by atoms with Gasteiger partial charge in [0.15, 0.2) is 5.82 Å². The Morgan fingerprint density at radius 3 is 2.83 bits per heavy atom. The molecule has 0 aliphatic rings. The van der Waals surface area contributed by atoms with Gasteiger partial charge in [-0.1, -0.05) is 41.6 Å². The molecule has 2 N–H and O–H groups in total. The fourth-order valence-corrected chi connectivity index (χ4v) is 2.78. The molecule has 6 nitrogen and oxygen atoms in total. The van der Waals surface area contributed by atoms with E-state index in [0.717, 1.165) is 11.3 Å². The number of hydrogen-bond donors (Lipinski definition) is 2. The van der Waals surface area contributed by atoms with Gasteiger partial charge in [0, 0.05) is 5.56 Å². The quantitative estimate of drug-likeness (QED) is 0.671. The normalized spacial score (nSPS) is 12.1. The van der Waals surface area contributed by atoms with Crippen LogP contribution in [0.2, 0.25) is 0 Å². The number of carbonyl (C=O) groups excluding carboxylic acids is 1. The van der Waals surface area contributed by atoms with Crippen LogP contribution in [0, 0.1) is 6.92 Å². The highest BCUT2D eigenvalue weighted by atomic mass is 32.2. The van der Waals surface area contributed by atoms with E-state index in [4.69, 9.17) is 4.42 Å². The van der Waals surface area contributed by atoms with E-state index in [1.807, 2.05) is 44.2 Å². The summed E-state index contributed by atoms with van der Waals surface area (Å²) >= 11 is 1.29. The molecule has 0 unspecified atom stereocenters. The molecule has 1 aromatic carbocycles. The van der Waals surface area contributed by atoms with Crippen LogP contribution in [0.4, 0.5) is 0 Å². The second kappa shape index (κ2) is 7.35. The molecule has 0 saturated carbocycles. The van der Waals surface area contributed by atoms with E-state index in [-0.39, 0.29) is 17.7 Å². The number of carbonyl (C=O) groups is 1. The van der Waals surface area contributed by atoms with Crippen LogP contribution in [0.5, 0.6) is 0 Å². The van der Waals surface area contributed by atoms with Gasteiger partial charge in [-0.3, -0.25) is 9.89 Å². The number of nitrogens with zero attached hydrogens (tertiary/aromatic N) is 2. The van der Waals surface area contributed by atoms with Crippen LogP contribution in [0.15, 0.2) is 52.2 Å². The molecule has 0 spiro atoms. The predicted octanol–water partition coefficient (Wildman–Crippen LogP) is 3.34. The minimum absolute atomic E-state index is 0.0921. The van der Waals surface area contributed by atoms with Crippen molar-refractivity contribution >= 4 is 17.7 Å². The lowest BCUT2D eigenvalue weighted by Gasteiger charge is -2.10. The van der Waals surface area contributed by atoms with E-state index in [2.05, 4.69) is 20.5 Å². The first-order chi connectivity index (χ1) is 11.6. The number of nitrogens with one attached hydrogen (secondary N) is 2. The van der Waals surface area contributed by atoms with E-state index in [9.17, 15) is 4.79 Å². The number of amides is 1. The molecular weight excluding hydrogens is 324 g/mol. The molecule has 0 fully saturated rings. The lowest BCUT2D eigenvalue weighted by Crippen LogP contribution is -2.27. The Balaban J connectivity index is 1.53. The zero-order chi connectivity index (χ0) is 16.9. The summed E-state index contributed by atoms with van der Waals surface area (Å²) in [4.78, 5) is 16.4. The number of benzene rings is 1. The summed E-state index contributed by atoms with van der Waals surface area (Å²) in [6, 6.07) is 11.5. The molecular formula is C17H18N4O2S. The maximum atomic E-state index is 12.0. The van der Waals surface area contributed by atoms with Crippen molar-refractivity contribution in [1.29, 1.82) is 0 Å². The molecule has 2 aromatic heterocycles. The minimum Gasteiger partial charge on any atom is -0.467 e. The molecule has 0 aliphatic carbocycles. The van der Waals surface area contributed by atoms with Crippen LogP contribution in [0.1, 0.15) is 24.3 Å². The number of hydrogen-bond acceptors (Lipinski definition) is 5. The molecule has 2 heterocycles. The molecule has 0 bridgehead atoms. The molecule has 0 radical (unpaired) electrons. The Morgan fingerprint density at radius 1 is 1.33 bits per heavy atom. The molecule has 1 atom stereocenters. The van der Waals surface area contributed by atoms with Crippen LogP contribution in [0.3, 0.4) is 0 Å². The van der Waals surface area contributed by atoms with Gasteiger partial charge in [-0.2, -0.15) is 0 Å². The highest BCUT2D eigenvalue weighted by Gasteiger charge is 2.13. The Labute approximate surface area is 144 Å². The van der Waals surface area contributed by atoms with Gasteiger partial charge in [0.2, 0.25) is 11.1 Å². The maximum Gasteiger partial charge on any atom is 0.231 e. The second-order valence-electron chi connectivity index (χ2n) is 5.43. The van der Waals surface area contributed by atoms with E-state index in [0.29, 0.717) is 11.0 Å². The number of thioether (sulfide) groups is 1. The van der Waals surface area contributed by atoms with Gasteiger partial charge < -0.3 is 9.73 Å². The lowest BCUT2D eigenvalue weighted by atomic mass is 10.1. The average Bonchev–Trinajstić information content (AvgIpc) is 3.25. The van der Waals surface area contributed by atoms with Crippen molar-refractivity contribution in [2.24, 2.45) is 0 Å². The van der Waals surface area contributed by atoms with Crippen molar-refractivity contribution < 1.29 is 9.21 Å². The van der Waals surface area contributed by atoms with Gasteiger partial charge >= 0.3 is 0 Å². The van der Waals surface area contributed by atoms with Crippen LogP contribution in [-0.4, -0.2) is 26.8 Å². The summed E-state index contributed by atoms with van der Waals surface area (Å²) in [5.74, 6) is 1.58. The zero-order valence-electron chi connectivity index (χ0n) is 13.4. The Hall–Kier alpha value is -2.54. The summed E-state index contributed by atoms with van der Waals surface area (Å²) in [7, 11) is 0. The fraction of sp³-hybridized carbons (Fsp3) is 0.235. The highest BCUT2D eigenvalue weighted by molar-refractivity contribution is 7.99. The van der Waals surface area contributed by atoms with Gasteiger partial charge in [-0.05, 0) is 26.0 Å². The molecule has 24 heavy (non-hydrogen) atoms. The molecule has 0 aliphatic heterocycles. The summed E-state index contributed by atoms with van der Waals surface area (Å²) in [5.41, 5.74) is 2.16. The standard InChI is InChI=1S/C17H18N4O2S/c1-11-5-7-13(8-6-11)16-19-17(21-20-16)24-10-15(22)18-12(2)14-4-3-9-23-14/h3-9,12H,10H2,1-2H3,(H,18,22)(H,19,20,21)/t12-/m0/s1. The average molecular weight is 342 g/mol. The highest BCUT2D eigenvalue weighted by Crippen LogP contribution is 2.20. The number of aromatic amines is 1. The summed E-state index contributed by atoms with van der Waals surface area (Å²) < 4.78 is 5.27. The lowest BCUT2D eigenvalue weighted by molar-refractivity contribution is -0.119. The van der Waals surface area contributed by atoms with Crippen LogP contribution in [0.25, 0.3) is 11.4 Å². The van der Waals surface area contributed by atoms with Gasteiger partial charge in [-0.15, -0.1) is 5.10 Å². The van der Waals surface area contributed by atoms with E-state index in [1.165, 1.54) is 17.3 Å². The molecule has 3 aromatic rings. The van der Waals surface area contributed by atoms with E-state index in [1.54, 1.807) is 12.3 Å². The Kier molecular flexibility index (Phi) is 5.00. The first kappa shape index (κ1) is 16.3. The van der Waals surface area contributed by atoms with Gasteiger partial charge in [-0.25, -0.2) is 4.98 Å². The van der Waals surface area contributed by atoms with Crippen molar-refractivity contribution in [1.82, 2.24) is 20.5 Å². The van der Waals surface area contributed by atoms with E-state index < -0.39 is 0 Å². The minimum atomic E-state index is -0.164. The number of furan rings is 1. The topological polar surface area (TPSA) is 83.8 Å². The van der Waals surface area contributed by atoms with Gasteiger partial charge in [0.05, 0.1) is 18.1 Å². The smallest absolute Gasteiger partial charge is 0.231 e. The zero-order valence-corrected chi connectivity index (χ0v) is 14.3. The first-order valence-electron chi connectivity index (χ1n) is 7.57. The third-order valence-corrected chi connectivity index (χ3v) is 4.32. The molecule has 7 heteroatoms. The summed E-state index contributed by atoms with van der Waals surface area (Å²) in [6.07, 6.45) is 1.59. The van der Waals surface area contributed by atoms with Crippen molar-refractivity contribution in [3.63, 3.8) is 0 Å². The Bertz CT molecular complexity index is 796. The third kappa shape index (κ3) is 4.05. The third-order valence-electron chi connectivity index (χ3n) is 3.47. The second-order valence-corrected chi connectivity index (χ2v) is 6.37. The molecule has 124 valence electrons. The van der Waals surface area contributed by atoms with Crippen LogP contribution in [-0.2, 0) is 4.79 Å². The van der Waals surface area contributed by atoms with Crippen molar-refractivity contribution in [3.8, 4) is 11.4 Å². The monoisotopic (exact) mass is 342 g/mol. The number of H-pyrrole nitrogens is 1. The van der Waals surface area contributed by atoms with Gasteiger partial charge in [0.25, 0.3) is 0 Å². The van der Waals surface area contributed by atoms with Crippen molar-refractivity contribution in [3.05, 3.63) is 54.0 Å². The number of aromatic nitrogens is 3. The maximum absolute atomic E-state index is 12.0. The van der Waals surface area contributed by atoms with Crippen LogP contribution < -0.4 is 5.32 Å². The predicted molar refractivity (Wildman–Crippen MR) is 92.5 cm³/mol. The Morgan fingerprint density at radius 2 is 2.12 bits per heavy atom. The van der Waals surface area contributed by atoms with Crippen LogP contribution >= 0.6 is 11.8 Å². The van der Waals surface area contributed by atoms with Crippen molar-refractivity contribution in [2.75, 3.05) is 5.75 Å². The summed E-state index contributed by atoms with van der Waals surface area (Å²) in [6.45, 7) is 3.91.